The largest absolute Gasteiger partial charge is 0.389 e. The van der Waals surface area contributed by atoms with Gasteiger partial charge in [-0.05, 0) is 48.7 Å². The summed E-state index contributed by atoms with van der Waals surface area (Å²) in [7, 11) is 0. The molecule has 0 unspecified atom stereocenters. The van der Waals surface area contributed by atoms with Crippen LogP contribution in [0.15, 0.2) is 48.8 Å². The molecule has 1 amide bonds. The summed E-state index contributed by atoms with van der Waals surface area (Å²) in [5.41, 5.74) is 3.55. The van der Waals surface area contributed by atoms with Crippen molar-refractivity contribution in [2.75, 3.05) is 5.32 Å². The van der Waals surface area contributed by atoms with Crippen molar-refractivity contribution >= 4 is 22.6 Å². The number of carbonyl (C=O) groups excluding carboxylic acids is 1. The first-order valence-corrected chi connectivity index (χ1v) is 8.00. The van der Waals surface area contributed by atoms with Crippen LogP contribution in [-0.4, -0.2) is 22.1 Å². The van der Waals surface area contributed by atoms with Crippen molar-refractivity contribution in [2.45, 2.75) is 25.9 Å². The molecule has 3 rings (SSSR count). The predicted octanol–water partition coefficient (Wildman–Crippen LogP) is 4.69. The smallest absolute Gasteiger partial charge is 0.322 e. The molecule has 3 aromatic rings. The minimum atomic E-state index is -4.19. The number of aromatic nitrogens is 2. The van der Waals surface area contributed by atoms with Crippen LogP contribution in [0.3, 0.4) is 0 Å². The Balaban J connectivity index is 1.74. The number of alkyl halides is 3. The van der Waals surface area contributed by atoms with Crippen LogP contribution in [0.1, 0.15) is 27.9 Å². The predicted molar refractivity (Wildman–Crippen MR) is 93.0 cm³/mol. The summed E-state index contributed by atoms with van der Waals surface area (Å²) in [6.07, 6.45) is -2.02. The number of hydrogen-bond acceptors (Lipinski definition) is 3. The third-order valence-electron chi connectivity index (χ3n) is 3.96. The number of nitrogens with zero attached hydrogens (tertiary/aromatic N) is 2. The summed E-state index contributed by atoms with van der Waals surface area (Å²) >= 11 is 0. The van der Waals surface area contributed by atoms with Crippen LogP contribution < -0.4 is 5.32 Å². The zero-order valence-corrected chi connectivity index (χ0v) is 14.0. The van der Waals surface area contributed by atoms with E-state index < -0.39 is 12.6 Å². The molecule has 1 heterocycles. The van der Waals surface area contributed by atoms with Gasteiger partial charge in [-0.1, -0.05) is 12.1 Å². The van der Waals surface area contributed by atoms with Gasteiger partial charge in [-0.15, -0.1) is 0 Å². The summed E-state index contributed by atoms with van der Waals surface area (Å²) in [4.78, 5) is 20.8. The topological polar surface area (TPSA) is 54.9 Å². The molecule has 134 valence electrons. The number of halogens is 3. The van der Waals surface area contributed by atoms with Gasteiger partial charge in [-0.25, -0.2) is 0 Å². The van der Waals surface area contributed by atoms with Gasteiger partial charge in [-0.3, -0.25) is 14.8 Å². The van der Waals surface area contributed by atoms with E-state index in [1.54, 1.807) is 55.7 Å². The molecule has 2 aromatic carbocycles. The van der Waals surface area contributed by atoms with Gasteiger partial charge < -0.3 is 5.32 Å². The van der Waals surface area contributed by atoms with Gasteiger partial charge in [0.1, 0.15) is 0 Å². The lowest BCUT2D eigenvalue weighted by atomic mass is 10.0. The second-order valence-corrected chi connectivity index (χ2v) is 5.98. The Kier molecular flexibility index (Phi) is 4.88. The van der Waals surface area contributed by atoms with Gasteiger partial charge in [0.05, 0.1) is 11.0 Å². The molecule has 0 aliphatic carbocycles. The van der Waals surface area contributed by atoms with Crippen LogP contribution in [0, 0.1) is 6.92 Å². The number of fused-ring (bicyclic) bond motifs is 1. The number of rotatable bonds is 4. The molecule has 0 aliphatic rings. The van der Waals surface area contributed by atoms with Crippen molar-refractivity contribution < 1.29 is 18.0 Å². The van der Waals surface area contributed by atoms with Crippen LogP contribution in [0.2, 0.25) is 0 Å². The van der Waals surface area contributed by atoms with E-state index in [1.165, 1.54) is 0 Å². The normalized spacial score (nSPS) is 11.5. The summed E-state index contributed by atoms with van der Waals surface area (Å²) in [6, 6.07) is 9.92. The number of benzene rings is 2. The van der Waals surface area contributed by atoms with E-state index >= 15 is 0 Å². The van der Waals surface area contributed by atoms with Gasteiger partial charge in [0.15, 0.2) is 0 Å². The average molecular weight is 359 g/mol. The molecule has 7 heteroatoms. The molecule has 4 nitrogen and oxygen atoms in total. The first-order valence-electron chi connectivity index (χ1n) is 8.00. The zero-order valence-electron chi connectivity index (χ0n) is 14.0. The quantitative estimate of drug-likeness (QED) is 0.735. The van der Waals surface area contributed by atoms with Gasteiger partial charge in [0.2, 0.25) is 0 Å². The molecule has 0 saturated heterocycles. The number of carbonyl (C=O) groups is 1. The third kappa shape index (κ3) is 4.36. The Morgan fingerprint density at radius 3 is 2.46 bits per heavy atom. The van der Waals surface area contributed by atoms with Gasteiger partial charge in [0.25, 0.3) is 5.91 Å². The van der Waals surface area contributed by atoms with Crippen LogP contribution in [0.5, 0.6) is 0 Å². The van der Waals surface area contributed by atoms with Crippen LogP contribution in [0.25, 0.3) is 11.0 Å². The lowest BCUT2D eigenvalue weighted by Crippen LogP contribution is -2.14. The minimum Gasteiger partial charge on any atom is -0.322 e. The minimum absolute atomic E-state index is 0.102. The van der Waals surface area contributed by atoms with Gasteiger partial charge in [-0.2, -0.15) is 13.2 Å². The molecule has 0 saturated carbocycles. The molecule has 26 heavy (non-hydrogen) atoms. The monoisotopic (exact) mass is 359 g/mol. The van der Waals surface area contributed by atoms with Gasteiger partial charge in [0, 0.05) is 30.1 Å². The number of nitrogens with one attached hydrogen (secondary N) is 1. The Morgan fingerprint density at radius 1 is 1.04 bits per heavy atom. The SMILES string of the molecule is Cc1cc(CCC(F)(F)F)ccc1C(=O)Nc1ccc2nccnc2c1. The molecule has 1 aromatic heterocycles. The van der Waals surface area contributed by atoms with E-state index in [2.05, 4.69) is 15.3 Å². The maximum absolute atomic E-state index is 12.5. The Morgan fingerprint density at radius 2 is 1.77 bits per heavy atom. The number of amides is 1. The Labute approximate surface area is 148 Å². The van der Waals surface area contributed by atoms with E-state index in [9.17, 15) is 18.0 Å². The van der Waals surface area contributed by atoms with E-state index in [1.807, 2.05) is 0 Å². The average Bonchev–Trinajstić information content (AvgIpc) is 2.59. The summed E-state index contributed by atoms with van der Waals surface area (Å²) in [6.45, 7) is 1.71. The number of anilines is 1. The highest BCUT2D eigenvalue weighted by atomic mass is 19.4. The van der Waals surface area contributed by atoms with Crippen molar-refractivity contribution in [3.05, 3.63) is 65.5 Å². The second kappa shape index (κ2) is 7.11. The standard InChI is InChI=1S/C19H16F3N3O/c1-12-10-13(6-7-19(20,21)22)2-4-15(12)18(26)25-14-3-5-16-17(11-14)24-9-8-23-16/h2-5,8-11H,6-7H2,1H3,(H,25,26). The highest BCUT2D eigenvalue weighted by molar-refractivity contribution is 6.05. The highest BCUT2D eigenvalue weighted by Crippen LogP contribution is 2.23. The molecule has 0 aliphatic heterocycles. The highest BCUT2D eigenvalue weighted by Gasteiger charge is 2.26. The molecule has 0 radical (unpaired) electrons. The van der Waals surface area contributed by atoms with Crippen LogP contribution in [0.4, 0.5) is 18.9 Å². The van der Waals surface area contributed by atoms with Crippen molar-refractivity contribution in [3.8, 4) is 0 Å². The molecule has 0 bridgehead atoms. The van der Waals surface area contributed by atoms with Gasteiger partial charge >= 0.3 is 6.18 Å². The molecule has 0 atom stereocenters. The summed E-state index contributed by atoms with van der Waals surface area (Å²) < 4.78 is 37.0. The van der Waals surface area contributed by atoms with Crippen molar-refractivity contribution in [2.24, 2.45) is 0 Å². The first-order chi connectivity index (χ1) is 12.3. The maximum Gasteiger partial charge on any atom is 0.389 e. The summed E-state index contributed by atoms with van der Waals surface area (Å²) in [5.74, 6) is -0.326. The fraction of sp³-hybridized carbons (Fsp3) is 0.211. The second-order valence-electron chi connectivity index (χ2n) is 5.98. The molecule has 0 spiro atoms. The number of hydrogen-bond donors (Lipinski definition) is 1. The van der Waals surface area contributed by atoms with E-state index in [0.717, 1.165) is 5.52 Å². The Hall–Kier alpha value is -2.96. The van der Waals surface area contributed by atoms with Crippen molar-refractivity contribution in [3.63, 3.8) is 0 Å². The molecular formula is C19H16F3N3O. The number of aryl methyl sites for hydroxylation is 2. The van der Waals surface area contributed by atoms with Crippen LogP contribution >= 0.6 is 0 Å². The maximum atomic E-state index is 12.5. The zero-order chi connectivity index (χ0) is 18.7. The molecule has 0 fully saturated rings. The van der Waals surface area contributed by atoms with E-state index in [0.29, 0.717) is 27.9 Å². The van der Waals surface area contributed by atoms with Crippen molar-refractivity contribution in [1.29, 1.82) is 0 Å². The molecule has 1 N–H and O–H groups in total. The van der Waals surface area contributed by atoms with Crippen molar-refractivity contribution in [1.82, 2.24) is 9.97 Å². The fourth-order valence-corrected chi connectivity index (χ4v) is 2.66. The Bertz CT molecular complexity index is 954. The summed E-state index contributed by atoms with van der Waals surface area (Å²) in [5, 5.41) is 2.78. The molecular weight excluding hydrogens is 343 g/mol. The lowest BCUT2D eigenvalue weighted by molar-refractivity contribution is -0.134. The lowest BCUT2D eigenvalue weighted by Gasteiger charge is -2.11. The van der Waals surface area contributed by atoms with E-state index in [4.69, 9.17) is 0 Å². The fourth-order valence-electron chi connectivity index (χ4n) is 2.66. The van der Waals surface area contributed by atoms with E-state index in [-0.39, 0.29) is 12.3 Å². The third-order valence-corrected chi connectivity index (χ3v) is 3.96. The first kappa shape index (κ1) is 17.8. The van der Waals surface area contributed by atoms with Crippen LogP contribution in [-0.2, 0) is 6.42 Å².